The van der Waals surface area contributed by atoms with Crippen LogP contribution in [0.15, 0.2) is 53.4 Å². The first-order valence-electron chi connectivity index (χ1n) is 9.62. The van der Waals surface area contributed by atoms with Crippen molar-refractivity contribution >= 4 is 50.0 Å². The number of aromatic nitrogens is 1. The lowest BCUT2D eigenvalue weighted by Gasteiger charge is -2.22. The van der Waals surface area contributed by atoms with Crippen LogP contribution in [0.1, 0.15) is 12.8 Å². The smallest absolute Gasteiger partial charge is 0.270 e. The molecule has 1 aromatic heterocycles. The summed E-state index contributed by atoms with van der Waals surface area (Å²) in [6, 6.07) is 14.7. The summed E-state index contributed by atoms with van der Waals surface area (Å²) in [5, 5.41) is 11.6. The van der Waals surface area contributed by atoms with E-state index in [4.69, 9.17) is 0 Å². The Bertz CT molecular complexity index is 1010. The molecule has 0 unspecified atom stereocenters. The monoisotopic (exact) mass is 444 g/mol. The van der Waals surface area contributed by atoms with Crippen molar-refractivity contribution in [2.24, 2.45) is 0 Å². The number of non-ortho nitro benzene ring substituents is 1. The molecule has 7 nitrogen and oxygen atoms in total. The molecule has 2 aromatic carbocycles. The van der Waals surface area contributed by atoms with Gasteiger partial charge in [-0.3, -0.25) is 19.8 Å². The third kappa shape index (κ3) is 6.01. The number of thiazole rings is 1. The molecule has 3 aromatic rings. The molecule has 0 atom stereocenters. The van der Waals surface area contributed by atoms with Gasteiger partial charge in [0, 0.05) is 36.5 Å². The summed E-state index contributed by atoms with van der Waals surface area (Å²) < 4.78 is 0.710. The van der Waals surface area contributed by atoms with Crippen LogP contribution in [0.4, 0.5) is 10.8 Å². The normalized spacial score (nSPS) is 11.2. The molecule has 0 fully saturated rings. The molecule has 0 saturated heterocycles. The van der Waals surface area contributed by atoms with Crippen molar-refractivity contribution in [2.45, 2.75) is 17.7 Å². The molecule has 0 aliphatic rings. The van der Waals surface area contributed by atoms with Crippen LogP contribution in [-0.4, -0.2) is 53.7 Å². The highest BCUT2D eigenvalue weighted by Crippen LogP contribution is 2.32. The fourth-order valence-corrected chi connectivity index (χ4v) is 4.74. The molecule has 0 radical (unpaired) electrons. The maximum atomic E-state index is 13.0. The second kappa shape index (κ2) is 10.5. The Morgan fingerprint density at radius 3 is 2.63 bits per heavy atom. The lowest BCUT2D eigenvalue weighted by molar-refractivity contribution is -0.384. The summed E-state index contributed by atoms with van der Waals surface area (Å²) >= 11 is 3.06. The minimum Gasteiger partial charge on any atom is -0.308 e. The molecule has 9 heteroatoms. The number of thioether (sulfide) groups is 1. The molecular weight excluding hydrogens is 420 g/mol. The molecule has 0 aliphatic heterocycles. The molecule has 0 N–H and O–H groups in total. The first-order valence-corrected chi connectivity index (χ1v) is 11.4. The van der Waals surface area contributed by atoms with Gasteiger partial charge in [-0.15, -0.1) is 11.8 Å². The van der Waals surface area contributed by atoms with Crippen LogP contribution >= 0.6 is 23.1 Å². The Morgan fingerprint density at radius 1 is 1.17 bits per heavy atom. The van der Waals surface area contributed by atoms with Crippen LogP contribution < -0.4 is 4.90 Å². The van der Waals surface area contributed by atoms with Gasteiger partial charge in [0.2, 0.25) is 5.91 Å². The Kier molecular flexibility index (Phi) is 7.78. The zero-order valence-corrected chi connectivity index (χ0v) is 18.6. The van der Waals surface area contributed by atoms with Crippen molar-refractivity contribution in [1.29, 1.82) is 0 Å². The van der Waals surface area contributed by atoms with E-state index >= 15 is 0 Å². The fraction of sp³-hybridized carbons (Fsp3) is 0.333. The highest BCUT2D eigenvalue weighted by atomic mass is 32.2. The van der Waals surface area contributed by atoms with Gasteiger partial charge in [-0.2, -0.15) is 0 Å². The van der Waals surface area contributed by atoms with Gasteiger partial charge >= 0.3 is 0 Å². The van der Waals surface area contributed by atoms with Crippen molar-refractivity contribution in [3.05, 3.63) is 58.6 Å². The number of nitrogens with zero attached hydrogens (tertiary/aromatic N) is 4. The molecule has 3 rings (SSSR count). The van der Waals surface area contributed by atoms with E-state index in [9.17, 15) is 14.9 Å². The molecule has 158 valence electrons. The van der Waals surface area contributed by atoms with Crippen LogP contribution in [0.3, 0.4) is 0 Å². The minimum atomic E-state index is -0.418. The third-order valence-corrected chi connectivity index (χ3v) is 6.56. The molecule has 0 aliphatic carbocycles. The average Bonchev–Trinajstić information content (AvgIpc) is 3.14. The number of fused-ring (bicyclic) bond motifs is 1. The fourth-order valence-electron chi connectivity index (χ4n) is 2.82. The number of carbonyl (C=O) groups excluding carboxylic acids is 1. The lowest BCUT2D eigenvalue weighted by atomic mass is 10.3. The van der Waals surface area contributed by atoms with E-state index < -0.39 is 4.92 Å². The van der Waals surface area contributed by atoms with Crippen LogP contribution in [0, 0.1) is 10.1 Å². The zero-order valence-electron chi connectivity index (χ0n) is 17.0. The van der Waals surface area contributed by atoms with Crippen molar-refractivity contribution in [3.8, 4) is 0 Å². The molecule has 1 heterocycles. The lowest BCUT2D eigenvalue weighted by Crippen LogP contribution is -2.36. The summed E-state index contributed by atoms with van der Waals surface area (Å²) in [5.74, 6) is 0.891. The van der Waals surface area contributed by atoms with Crippen LogP contribution in [0.2, 0.25) is 0 Å². The van der Waals surface area contributed by atoms with E-state index in [-0.39, 0.29) is 11.6 Å². The standard InChI is InChI=1S/C21H24N4O3S2/c1-23(2)12-13-24(20(26)9-6-14-29-17-7-4-3-5-8-17)21-22-18-11-10-16(25(27)28)15-19(18)30-21/h3-5,7-8,10-11,15H,6,9,12-14H2,1-2H3. The number of hydrogen-bond acceptors (Lipinski definition) is 7. The van der Waals surface area contributed by atoms with Crippen molar-refractivity contribution < 1.29 is 9.72 Å². The molecule has 1 amide bonds. The predicted molar refractivity (Wildman–Crippen MR) is 124 cm³/mol. The highest BCUT2D eigenvalue weighted by molar-refractivity contribution is 7.99. The second-order valence-electron chi connectivity index (χ2n) is 7.02. The summed E-state index contributed by atoms with van der Waals surface area (Å²) in [4.78, 5) is 33.1. The summed E-state index contributed by atoms with van der Waals surface area (Å²) in [6.45, 7) is 1.24. The Balaban J connectivity index is 1.69. The van der Waals surface area contributed by atoms with Crippen LogP contribution in [0.25, 0.3) is 10.2 Å². The topological polar surface area (TPSA) is 79.6 Å². The van der Waals surface area contributed by atoms with Gasteiger partial charge in [0.25, 0.3) is 5.69 Å². The Labute approximate surface area is 183 Å². The maximum Gasteiger partial charge on any atom is 0.270 e. The van der Waals surface area contributed by atoms with Crippen LogP contribution in [-0.2, 0) is 4.79 Å². The van der Waals surface area contributed by atoms with Gasteiger partial charge in [-0.25, -0.2) is 4.98 Å². The first kappa shape index (κ1) is 22.2. The second-order valence-corrected chi connectivity index (χ2v) is 9.20. The number of rotatable bonds is 10. The van der Waals surface area contributed by atoms with E-state index in [1.165, 1.54) is 28.4 Å². The van der Waals surface area contributed by atoms with Gasteiger partial charge in [0.15, 0.2) is 5.13 Å². The molecule has 0 bridgehead atoms. The number of nitro groups is 1. The number of amides is 1. The minimum absolute atomic E-state index is 0.0269. The predicted octanol–water partition coefficient (Wildman–Crippen LogP) is 4.67. The van der Waals surface area contributed by atoms with Crippen molar-refractivity contribution in [1.82, 2.24) is 9.88 Å². The number of anilines is 1. The third-order valence-electron chi connectivity index (χ3n) is 4.42. The average molecular weight is 445 g/mol. The first-order chi connectivity index (χ1) is 14.4. The highest BCUT2D eigenvalue weighted by Gasteiger charge is 2.20. The van der Waals surface area contributed by atoms with Gasteiger partial charge in [0.1, 0.15) is 0 Å². The van der Waals surface area contributed by atoms with E-state index in [1.807, 2.05) is 37.2 Å². The number of nitro benzene ring substituents is 1. The van der Waals surface area contributed by atoms with Gasteiger partial charge in [0.05, 0.1) is 15.1 Å². The van der Waals surface area contributed by atoms with E-state index in [2.05, 4.69) is 17.1 Å². The maximum absolute atomic E-state index is 13.0. The van der Waals surface area contributed by atoms with Crippen LogP contribution in [0.5, 0.6) is 0 Å². The molecule has 30 heavy (non-hydrogen) atoms. The number of likely N-dealkylation sites (N-methyl/N-ethyl adjacent to an activating group) is 1. The van der Waals surface area contributed by atoms with Crippen molar-refractivity contribution in [2.75, 3.05) is 37.8 Å². The molecule has 0 saturated carbocycles. The summed E-state index contributed by atoms with van der Waals surface area (Å²) in [5.41, 5.74) is 0.699. The molecular formula is C21H24N4O3S2. The number of benzene rings is 2. The van der Waals surface area contributed by atoms with Gasteiger partial charge in [-0.1, -0.05) is 29.5 Å². The van der Waals surface area contributed by atoms with E-state index in [0.29, 0.717) is 34.9 Å². The summed E-state index contributed by atoms with van der Waals surface area (Å²) in [7, 11) is 3.92. The van der Waals surface area contributed by atoms with E-state index in [0.717, 1.165) is 12.2 Å². The van der Waals surface area contributed by atoms with Gasteiger partial charge < -0.3 is 4.90 Å². The Hall–Kier alpha value is -2.49. The van der Waals surface area contributed by atoms with Gasteiger partial charge in [-0.05, 0) is 44.5 Å². The Morgan fingerprint density at radius 2 is 1.93 bits per heavy atom. The quantitative estimate of drug-likeness (QED) is 0.196. The SMILES string of the molecule is CN(C)CCN(C(=O)CCCSc1ccccc1)c1nc2ccc([N+](=O)[O-])cc2s1. The number of hydrogen-bond donors (Lipinski definition) is 0. The largest absolute Gasteiger partial charge is 0.308 e. The molecule has 0 spiro atoms. The van der Waals surface area contributed by atoms with E-state index in [1.54, 1.807) is 22.7 Å². The summed E-state index contributed by atoms with van der Waals surface area (Å²) in [6.07, 6.45) is 1.20. The van der Waals surface area contributed by atoms with Crippen molar-refractivity contribution in [3.63, 3.8) is 0 Å². The zero-order chi connectivity index (χ0) is 21.5. The number of carbonyl (C=O) groups is 1.